The third-order valence-corrected chi connectivity index (χ3v) is 19.8. The number of hydrogen-bond acceptors (Lipinski definition) is 10. The van der Waals surface area contributed by atoms with Crippen LogP contribution < -0.4 is 5.32 Å². The minimum Gasteiger partial charge on any atom is -0.466 e. The third kappa shape index (κ3) is 59.9. The summed E-state index contributed by atoms with van der Waals surface area (Å²) >= 11 is 0. The summed E-state index contributed by atoms with van der Waals surface area (Å²) < 4.78 is 16.8. The molecule has 1 aliphatic rings. The minimum atomic E-state index is -1.57. The molecule has 11 heteroatoms. The van der Waals surface area contributed by atoms with Crippen molar-refractivity contribution in [3.05, 3.63) is 24.3 Å². The Morgan fingerprint density at radius 3 is 1.03 bits per heavy atom. The molecule has 0 spiro atoms. The molecule has 0 aliphatic carbocycles. The van der Waals surface area contributed by atoms with Gasteiger partial charge in [0.25, 0.3) is 0 Å². The van der Waals surface area contributed by atoms with Gasteiger partial charge in [0.05, 0.1) is 32.0 Å². The van der Waals surface area contributed by atoms with Gasteiger partial charge in [0.2, 0.25) is 5.91 Å². The average Bonchev–Trinajstić information content (AvgIpc) is 1.06. The van der Waals surface area contributed by atoms with Gasteiger partial charge in [-0.05, 0) is 57.8 Å². The molecule has 0 aromatic rings. The van der Waals surface area contributed by atoms with E-state index in [0.717, 1.165) is 51.4 Å². The molecular weight excluding hydrogens is 1160 g/mol. The van der Waals surface area contributed by atoms with Gasteiger partial charge < -0.3 is 45.1 Å². The zero-order valence-electron chi connectivity index (χ0n) is 61.5. The molecule has 1 rings (SSSR count). The number of aliphatic hydroxyl groups is 5. The van der Waals surface area contributed by atoms with E-state index in [-0.39, 0.29) is 18.5 Å². The number of rotatable bonds is 74. The number of carbonyl (C=O) groups is 2. The number of esters is 1. The van der Waals surface area contributed by atoms with Gasteiger partial charge in [0.1, 0.15) is 24.4 Å². The standard InChI is InChI=1S/C82H157NO10/c1-3-5-7-9-11-13-14-15-16-40-44-47-50-54-58-62-66-70-78(87)91-71-67-63-59-55-51-48-45-42-39-37-35-33-31-29-27-25-23-21-19-17-18-20-22-24-26-28-30-32-34-36-38-41-43-46-49-53-57-61-65-69-77(86)83-74(75(85)68-64-60-56-52-12-10-8-6-4-2)73-92-82-81(90)80(89)79(88)76(72-84)93-82/h17-18,64,68,74-76,79-82,84-85,88-90H,3-16,19-63,65-67,69-73H2,1-2H3,(H,83,86)/b18-17-,68-64+. The topological polar surface area (TPSA) is 175 Å². The van der Waals surface area contributed by atoms with Gasteiger partial charge in [-0.3, -0.25) is 9.59 Å². The highest BCUT2D eigenvalue weighted by atomic mass is 16.7. The summed E-state index contributed by atoms with van der Waals surface area (Å²) in [6.45, 7) is 4.38. The van der Waals surface area contributed by atoms with Gasteiger partial charge in [0, 0.05) is 12.8 Å². The van der Waals surface area contributed by atoms with Crippen LogP contribution in [0.5, 0.6) is 0 Å². The van der Waals surface area contributed by atoms with E-state index in [1.807, 2.05) is 6.08 Å². The van der Waals surface area contributed by atoms with Crippen LogP contribution in [0.3, 0.4) is 0 Å². The van der Waals surface area contributed by atoms with Crippen molar-refractivity contribution >= 4 is 11.9 Å². The van der Waals surface area contributed by atoms with Crippen LogP contribution in [0.4, 0.5) is 0 Å². The van der Waals surface area contributed by atoms with Crippen molar-refractivity contribution in [2.45, 2.75) is 468 Å². The zero-order valence-corrected chi connectivity index (χ0v) is 61.5. The van der Waals surface area contributed by atoms with Crippen molar-refractivity contribution in [2.24, 2.45) is 0 Å². The second kappa shape index (κ2) is 71.4. The van der Waals surface area contributed by atoms with E-state index in [2.05, 4.69) is 31.3 Å². The van der Waals surface area contributed by atoms with Crippen molar-refractivity contribution in [1.82, 2.24) is 5.32 Å². The minimum absolute atomic E-state index is 0.0217. The van der Waals surface area contributed by atoms with Gasteiger partial charge in [-0.2, -0.15) is 0 Å². The predicted molar refractivity (Wildman–Crippen MR) is 394 cm³/mol. The number of amides is 1. The van der Waals surface area contributed by atoms with E-state index in [0.29, 0.717) is 19.4 Å². The van der Waals surface area contributed by atoms with E-state index in [9.17, 15) is 35.1 Å². The maximum atomic E-state index is 13.0. The van der Waals surface area contributed by atoms with Crippen LogP contribution in [-0.4, -0.2) is 100 Å². The highest BCUT2D eigenvalue weighted by molar-refractivity contribution is 5.76. The molecule has 0 aromatic carbocycles. The highest BCUT2D eigenvalue weighted by Gasteiger charge is 2.44. The molecule has 0 radical (unpaired) electrons. The lowest BCUT2D eigenvalue weighted by atomic mass is 9.99. The van der Waals surface area contributed by atoms with E-state index in [1.165, 1.54) is 347 Å². The van der Waals surface area contributed by atoms with Crippen molar-refractivity contribution in [1.29, 1.82) is 0 Å². The number of unbranched alkanes of at least 4 members (excludes halogenated alkanes) is 58. The van der Waals surface area contributed by atoms with Gasteiger partial charge in [0.15, 0.2) is 6.29 Å². The Morgan fingerprint density at radius 2 is 0.688 bits per heavy atom. The summed E-state index contributed by atoms with van der Waals surface area (Å²) in [5.41, 5.74) is 0. The van der Waals surface area contributed by atoms with Crippen molar-refractivity contribution in [3.8, 4) is 0 Å². The first-order valence-electron chi connectivity index (χ1n) is 41.1. The van der Waals surface area contributed by atoms with Crippen LogP contribution in [0, 0.1) is 0 Å². The number of ether oxygens (including phenoxy) is 3. The van der Waals surface area contributed by atoms with E-state index in [1.54, 1.807) is 6.08 Å². The van der Waals surface area contributed by atoms with Crippen molar-refractivity contribution in [3.63, 3.8) is 0 Å². The molecule has 550 valence electrons. The maximum Gasteiger partial charge on any atom is 0.305 e. The molecule has 11 nitrogen and oxygen atoms in total. The molecule has 1 heterocycles. The largest absolute Gasteiger partial charge is 0.466 e. The van der Waals surface area contributed by atoms with Crippen LogP contribution in [0.25, 0.3) is 0 Å². The SMILES string of the molecule is CCCCCCCCC/C=C/C(O)C(COC1OC(CO)C(O)C(O)C1O)NC(=O)CCCCCCCCCCCCCCCCCCC/C=C\CCCCCCCCCCCCCCCCCCCCOC(=O)CCCCCCCCCCCCCCCCCCC. The lowest BCUT2D eigenvalue weighted by Crippen LogP contribution is -2.60. The maximum absolute atomic E-state index is 13.0. The fraction of sp³-hybridized carbons (Fsp3) is 0.927. The molecule has 6 N–H and O–H groups in total. The lowest BCUT2D eigenvalue weighted by molar-refractivity contribution is -0.302. The predicted octanol–water partition coefficient (Wildman–Crippen LogP) is 22.3. The van der Waals surface area contributed by atoms with Gasteiger partial charge in [-0.25, -0.2) is 0 Å². The summed E-state index contributed by atoms with van der Waals surface area (Å²) in [6, 6.07) is -0.805. The lowest BCUT2D eigenvalue weighted by Gasteiger charge is -2.40. The van der Waals surface area contributed by atoms with Crippen LogP contribution in [0.15, 0.2) is 24.3 Å². The second-order valence-corrected chi connectivity index (χ2v) is 28.8. The first-order valence-corrected chi connectivity index (χ1v) is 41.1. The molecule has 1 saturated heterocycles. The fourth-order valence-electron chi connectivity index (χ4n) is 13.4. The van der Waals surface area contributed by atoms with E-state index >= 15 is 0 Å². The van der Waals surface area contributed by atoms with Crippen LogP contribution in [0.2, 0.25) is 0 Å². The summed E-state index contributed by atoms with van der Waals surface area (Å²) in [7, 11) is 0. The van der Waals surface area contributed by atoms with Crippen LogP contribution in [0.1, 0.15) is 425 Å². The van der Waals surface area contributed by atoms with E-state index in [4.69, 9.17) is 14.2 Å². The quantitative estimate of drug-likeness (QED) is 0.0195. The Bertz CT molecular complexity index is 1590. The van der Waals surface area contributed by atoms with Gasteiger partial charge in [-0.1, -0.05) is 378 Å². The summed E-state index contributed by atoms with van der Waals surface area (Å²) in [5.74, 6) is -0.156. The van der Waals surface area contributed by atoms with Gasteiger partial charge in [-0.15, -0.1) is 0 Å². The Labute approximate surface area is 575 Å². The Kier molecular flexibility index (Phi) is 68.5. The molecule has 1 aliphatic heterocycles. The smallest absolute Gasteiger partial charge is 0.305 e. The molecular formula is C82H157NO10. The first-order chi connectivity index (χ1) is 45.7. The Balaban J connectivity index is 1.83. The Morgan fingerprint density at radius 1 is 0.387 bits per heavy atom. The molecule has 7 unspecified atom stereocenters. The molecule has 0 aromatic heterocycles. The number of nitrogens with one attached hydrogen (secondary N) is 1. The number of aliphatic hydroxyl groups excluding tert-OH is 5. The average molecular weight is 1320 g/mol. The first kappa shape index (κ1) is 89.2. The molecule has 0 bridgehead atoms. The molecule has 1 amide bonds. The second-order valence-electron chi connectivity index (χ2n) is 28.8. The number of carbonyl (C=O) groups excluding carboxylic acids is 2. The molecule has 1 fully saturated rings. The summed E-state index contributed by atoms with van der Waals surface area (Å²) in [6.07, 6.45) is 82.5. The van der Waals surface area contributed by atoms with Crippen molar-refractivity contribution < 1.29 is 49.3 Å². The summed E-state index contributed by atoms with van der Waals surface area (Å²) in [5, 5.41) is 54.4. The molecule has 0 saturated carbocycles. The van der Waals surface area contributed by atoms with Crippen molar-refractivity contribution in [2.75, 3.05) is 19.8 Å². The van der Waals surface area contributed by atoms with Crippen LogP contribution >= 0.6 is 0 Å². The third-order valence-electron chi connectivity index (χ3n) is 19.8. The zero-order chi connectivity index (χ0) is 67.2. The number of hydrogen-bond donors (Lipinski definition) is 6. The molecule has 93 heavy (non-hydrogen) atoms. The summed E-state index contributed by atoms with van der Waals surface area (Å²) in [4.78, 5) is 25.2. The normalized spacial score (nSPS) is 17.5. The van der Waals surface area contributed by atoms with Gasteiger partial charge >= 0.3 is 5.97 Å². The fourth-order valence-corrected chi connectivity index (χ4v) is 13.4. The van der Waals surface area contributed by atoms with Crippen LogP contribution in [-0.2, 0) is 23.8 Å². The Hall–Kier alpha value is -1.86. The molecule has 7 atom stereocenters. The number of allylic oxidation sites excluding steroid dienone is 3. The highest BCUT2D eigenvalue weighted by Crippen LogP contribution is 2.24. The monoisotopic (exact) mass is 1320 g/mol. The van der Waals surface area contributed by atoms with E-state index < -0.39 is 49.5 Å².